The number of carbonyl (C=O) groups excluding carboxylic acids is 1. The lowest BCUT2D eigenvalue weighted by Gasteiger charge is -2.32. The molecule has 1 amide bonds. The van der Waals surface area contributed by atoms with Gasteiger partial charge in [-0.25, -0.2) is 4.98 Å². The van der Waals surface area contributed by atoms with Gasteiger partial charge in [-0.05, 0) is 30.9 Å². The first kappa shape index (κ1) is 17.5. The molecule has 6 heteroatoms. The second-order valence-corrected chi connectivity index (χ2v) is 7.45. The van der Waals surface area contributed by atoms with Crippen molar-refractivity contribution in [2.75, 3.05) is 13.1 Å². The van der Waals surface area contributed by atoms with Crippen molar-refractivity contribution in [1.29, 1.82) is 0 Å². The highest BCUT2D eigenvalue weighted by atomic mass is 16.2. The first-order valence-electron chi connectivity index (χ1n) is 9.56. The first-order chi connectivity index (χ1) is 13.1. The van der Waals surface area contributed by atoms with Crippen LogP contribution in [0.2, 0.25) is 0 Å². The van der Waals surface area contributed by atoms with E-state index in [0.29, 0.717) is 17.4 Å². The molecule has 4 rings (SSSR count). The minimum absolute atomic E-state index is 0.0768. The molecule has 140 valence electrons. The average molecular weight is 363 g/mol. The quantitative estimate of drug-likeness (QED) is 0.737. The number of nitrogens with one attached hydrogen (secondary N) is 2. The number of H-pyrrole nitrogens is 2. The largest absolute Gasteiger partial charge is 0.345 e. The normalized spacial score (nSPS) is 15.4. The molecule has 1 aliphatic heterocycles. The van der Waals surface area contributed by atoms with Crippen LogP contribution in [0.15, 0.2) is 42.7 Å². The minimum atomic E-state index is 0.0768. The Bertz CT molecular complexity index is 904. The Labute approximate surface area is 159 Å². The van der Waals surface area contributed by atoms with Gasteiger partial charge in [0.05, 0.1) is 11.3 Å². The molecule has 0 radical (unpaired) electrons. The number of hydrogen-bond donors (Lipinski definition) is 2. The molecule has 0 atom stereocenters. The van der Waals surface area contributed by atoms with Crippen molar-refractivity contribution < 1.29 is 4.79 Å². The summed E-state index contributed by atoms with van der Waals surface area (Å²) in [6.07, 6.45) is 5.39. The predicted molar refractivity (Wildman–Crippen MR) is 105 cm³/mol. The zero-order valence-electron chi connectivity index (χ0n) is 15.8. The molecule has 0 spiro atoms. The van der Waals surface area contributed by atoms with Gasteiger partial charge in [-0.3, -0.25) is 9.89 Å². The molecule has 0 saturated carbocycles. The summed E-state index contributed by atoms with van der Waals surface area (Å²) in [5.74, 6) is 1.67. The van der Waals surface area contributed by atoms with Crippen LogP contribution in [0.25, 0.3) is 11.4 Å². The van der Waals surface area contributed by atoms with Gasteiger partial charge in [0, 0.05) is 42.7 Å². The number of carbonyl (C=O) groups is 1. The van der Waals surface area contributed by atoms with Crippen LogP contribution in [0.3, 0.4) is 0 Å². The second kappa shape index (κ2) is 7.39. The number of aromatic nitrogens is 4. The highest BCUT2D eigenvalue weighted by Crippen LogP contribution is 2.30. The molecular weight excluding hydrogens is 338 g/mol. The van der Waals surface area contributed by atoms with Crippen LogP contribution in [0, 0.1) is 0 Å². The molecule has 27 heavy (non-hydrogen) atoms. The molecule has 1 aliphatic rings. The van der Waals surface area contributed by atoms with Gasteiger partial charge in [-0.2, -0.15) is 5.10 Å². The maximum absolute atomic E-state index is 13.1. The van der Waals surface area contributed by atoms with Crippen molar-refractivity contribution in [3.63, 3.8) is 0 Å². The number of nitrogens with zero attached hydrogens (tertiary/aromatic N) is 3. The van der Waals surface area contributed by atoms with Crippen LogP contribution in [-0.2, 0) is 0 Å². The van der Waals surface area contributed by atoms with E-state index in [1.54, 1.807) is 12.4 Å². The number of benzene rings is 1. The summed E-state index contributed by atoms with van der Waals surface area (Å²) in [7, 11) is 0. The predicted octanol–water partition coefficient (Wildman–Crippen LogP) is 3.94. The van der Waals surface area contributed by atoms with Gasteiger partial charge in [-0.15, -0.1) is 0 Å². The molecule has 0 unspecified atom stereocenters. The Morgan fingerprint density at radius 3 is 2.67 bits per heavy atom. The van der Waals surface area contributed by atoms with E-state index in [1.807, 2.05) is 29.2 Å². The molecular formula is C21H25N5O. The van der Waals surface area contributed by atoms with E-state index in [4.69, 9.17) is 0 Å². The van der Waals surface area contributed by atoms with E-state index >= 15 is 0 Å². The van der Waals surface area contributed by atoms with Gasteiger partial charge in [0.25, 0.3) is 5.91 Å². The number of aromatic amines is 2. The van der Waals surface area contributed by atoms with Gasteiger partial charge in [0.15, 0.2) is 0 Å². The number of amides is 1. The summed E-state index contributed by atoms with van der Waals surface area (Å²) in [5, 5.41) is 7.61. The van der Waals surface area contributed by atoms with E-state index in [-0.39, 0.29) is 5.91 Å². The van der Waals surface area contributed by atoms with E-state index in [1.165, 1.54) is 5.69 Å². The Morgan fingerprint density at radius 2 is 2.00 bits per heavy atom. The van der Waals surface area contributed by atoms with Crippen molar-refractivity contribution in [2.45, 2.75) is 38.5 Å². The SMILES string of the molecule is CC(C)c1cc(C2CCN(C(=O)c3ccccc3-c3ncc[nH]3)CC2)[nH]n1. The van der Waals surface area contributed by atoms with Crippen LogP contribution >= 0.6 is 0 Å². The maximum atomic E-state index is 13.1. The molecule has 1 saturated heterocycles. The smallest absolute Gasteiger partial charge is 0.254 e. The highest BCUT2D eigenvalue weighted by Gasteiger charge is 2.27. The molecule has 0 bridgehead atoms. The van der Waals surface area contributed by atoms with E-state index in [9.17, 15) is 4.79 Å². The van der Waals surface area contributed by atoms with Crippen molar-refractivity contribution in [1.82, 2.24) is 25.1 Å². The summed E-state index contributed by atoms with van der Waals surface area (Å²) in [6, 6.07) is 9.85. The Balaban J connectivity index is 1.46. The summed E-state index contributed by atoms with van der Waals surface area (Å²) in [6.45, 7) is 5.81. The molecule has 1 aromatic carbocycles. The second-order valence-electron chi connectivity index (χ2n) is 7.45. The summed E-state index contributed by atoms with van der Waals surface area (Å²) in [4.78, 5) is 22.5. The van der Waals surface area contributed by atoms with Gasteiger partial charge in [0.2, 0.25) is 0 Å². The third-order valence-corrected chi connectivity index (χ3v) is 5.34. The Kier molecular flexibility index (Phi) is 4.79. The van der Waals surface area contributed by atoms with Crippen LogP contribution < -0.4 is 0 Å². The first-order valence-corrected chi connectivity index (χ1v) is 9.56. The topological polar surface area (TPSA) is 77.7 Å². The molecule has 3 heterocycles. The summed E-state index contributed by atoms with van der Waals surface area (Å²) < 4.78 is 0. The van der Waals surface area contributed by atoms with Gasteiger partial charge in [0.1, 0.15) is 5.82 Å². The lowest BCUT2D eigenvalue weighted by molar-refractivity contribution is 0.0713. The van der Waals surface area contributed by atoms with Gasteiger partial charge in [-0.1, -0.05) is 32.0 Å². The lowest BCUT2D eigenvalue weighted by Crippen LogP contribution is -2.38. The number of piperidine rings is 1. The summed E-state index contributed by atoms with van der Waals surface area (Å²) in [5.41, 5.74) is 3.86. The average Bonchev–Trinajstić information content (AvgIpc) is 3.40. The van der Waals surface area contributed by atoms with Crippen molar-refractivity contribution in [2.24, 2.45) is 0 Å². The summed E-state index contributed by atoms with van der Waals surface area (Å²) >= 11 is 0. The maximum Gasteiger partial charge on any atom is 0.254 e. The highest BCUT2D eigenvalue weighted by molar-refractivity contribution is 6.00. The lowest BCUT2D eigenvalue weighted by atomic mass is 9.92. The van der Waals surface area contributed by atoms with Crippen LogP contribution in [0.5, 0.6) is 0 Å². The standard InChI is InChI=1S/C21H25N5O/c1-14(2)18-13-19(25-24-18)15-7-11-26(12-8-15)21(27)17-6-4-3-5-16(17)20-22-9-10-23-20/h3-6,9-10,13-15H,7-8,11-12H2,1-2H3,(H,22,23)(H,24,25). The fourth-order valence-corrected chi connectivity index (χ4v) is 3.71. The monoisotopic (exact) mass is 363 g/mol. The third-order valence-electron chi connectivity index (χ3n) is 5.34. The Morgan fingerprint density at radius 1 is 1.22 bits per heavy atom. The van der Waals surface area contributed by atoms with E-state index in [0.717, 1.165) is 43.0 Å². The number of imidazole rings is 1. The third kappa shape index (κ3) is 3.52. The fraction of sp³-hybridized carbons (Fsp3) is 0.381. The fourth-order valence-electron chi connectivity index (χ4n) is 3.71. The van der Waals surface area contributed by atoms with Gasteiger partial charge < -0.3 is 9.88 Å². The van der Waals surface area contributed by atoms with E-state index in [2.05, 4.69) is 40.1 Å². The van der Waals surface area contributed by atoms with Crippen LogP contribution in [-0.4, -0.2) is 44.1 Å². The number of likely N-dealkylation sites (tertiary alicyclic amines) is 1. The molecule has 2 aromatic heterocycles. The van der Waals surface area contributed by atoms with Crippen molar-refractivity contribution in [3.8, 4) is 11.4 Å². The van der Waals surface area contributed by atoms with Crippen LogP contribution in [0.4, 0.5) is 0 Å². The number of hydrogen-bond acceptors (Lipinski definition) is 3. The molecule has 3 aromatic rings. The number of rotatable bonds is 4. The van der Waals surface area contributed by atoms with Crippen molar-refractivity contribution >= 4 is 5.91 Å². The zero-order valence-corrected chi connectivity index (χ0v) is 15.8. The molecule has 0 aliphatic carbocycles. The zero-order chi connectivity index (χ0) is 18.8. The Hall–Kier alpha value is -2.89. The molecule has 6 nitrogen and oxygen atoms in total. The van der Waals surface area contributed by atoms with E-state index < -0.39 is 0 Å². The van der Waals surface area contributed by atoms with Crippen molar-refractivity contribution in [3.05, 3.63) is 59.7 Å². The minimum Gasteiger partial charge on any atom is -0.345 e. The van der Waals surface area contributed by atoms with Gasteiger partial charge >= 0.3 is 0 Å². The molecule has 1 fully saturated rings. The molecule has 2 N–H and O–H groups in total. The van der Waals surface area contributed by atoms with Crippen LogP contribution in [0.1, 0.15) is 60.3 Å².